The molecule has 0 heterocycles. The predicted molar refractivity (Wildman–Crippen MR) is 62.0 cm³/mol. The van der Waals surface area contributed by atoms with Gasteiger partial charge in [-0.2, -0.15) is 0 Å². The van der Waals surface area contributed by atoms with Crippen LogP contribution in [0.15, 0.2) is 22.7 Å². The SMILES string of the molecule is O=C(O)[C@@H]1C[C@H]1C(=O)Nc1ccc(F)c(Br)c1. The maximum absolute atomic E-state index is 12.9. The molecule has 2 N–H and O–H groups in total. The van der Waals surface area contributed by atoms with Crippen molar-refractivity contribution in [3.63, 3.8) is 0 Å². The molecule has 0 bridgehead atoms. The van der Waals surface area contributed by atoms with E-state index in [-0.39, 0.29) is 10.4 Å². The molecular formula is C11H9BrFNO3. The number of carboxylic acids is 1. The number of hydrogen-bond donors (Lipinski definition) is 2. The molecule has 1 saturated carbocycles. The molecule has 4 nitrogen and oxygen atoms in total. The third kappa shape index (κ3) is 2.63. The minimum Gasteiger partial charge on any atom is -0.481 e. The third-order valence-corrected chi connectivity index (χ3v) is 3.24. The van der Waals surface area contributed by atoms with E-state index in [0.29, 0.717) is 12.1 Å². The van der Waals surface area contributed by atoms with Crippen LogP contribution in [0.4, 0.5) is 10.1 Å². The molecule has 1 aliphatic carbocycles. The van der Waals surface area contributed by atoms with Gasteiger partial charge in [0.15, 0.2) is 0 Å². The fourth-order valence-corrected chi connectivity index (χ4v) is 1.95. The predicted octanol–water partition coefficient (Wildman–Crippen LogP) is 2.25. The fourth-order valence-electron chi connectivity index (χ4n) is 1.57. The molecule has 0 unspecified atom stereocenters. The summed E-state index contributed by atoms with van der Waals surface area (Å²) in [5.41, 5.74) is 0.444. The quantitative estimate of drug-likeness (QED) is 0.900. The molecule has 2 atom stereocenters. The van der Waals surface area contributed by atoms with Crippen molar-refractivity contribution in [1.82, 2.24) is 0 Å². The van der Waals surface area contributed by atoms with Crippen LogP contribution in [0, 0.1) is 17.7 Å². The molecule has 1 fully saturated rings. The summed E-state index contributed by atoms with van der Waals surface area (Å²) in [6.07, 6.45) is 0.365. The first-order valence-corrected chi connectivity index (χ1v) is 5.77. The topological polar surface area (TPSA) is 66.4 Å². The lowest BCUT2D eigenvalue weighted by Crippen LogP contribution is -2.16. The normalized spacial score (nSPS) is 22.0. The Morgan fingerprint density at radius 2 is 2.12 bits per heavy atom. The molecule has 1 aromatic carbocycles. The molecule has 1 aromatic rings. The lowest BCUT2D eigenvalue weighted by atomic mass is 10.2. The van der Waals surface area contributed by atoms with E-state index in [1.807, 2.05) is 0 Å². The van der Waals surface area contributed by atoms with Crippen molar-refractivity contribution in [3.8, 4) is 0 Å². The third-order valence-electron chi connectivity index (χ3n) is 2.63. The number of halogens is 2. The van der Waals surface area contributed by atoms with Crippen molar-refractivity contribution in [3.05, 3.63) is 28.5 Å². The first-order chi connectivity index (χ1) is 7.99. The Morgan fingerprint density at radius 1 is 1.41 bits per heavy atom. The second kappa shape index (κ2) is 4.44. The summed E-state index contributed by atoms with van der Waals surface area (Å²) in [5, 5.41) is 11.2. The van der Waals surface area contributed by atoms with Gasteiger partial charge in [0, 0.05) is 5.69 Å². The van der Waals surface area contributed by atoms with Crippen LogP contribution in [0.25, 0.3) is 0 Å². The number of amides is 1. The maximum atomic E-state index is 12.9. The van der Waals surface area contributed by atoms with Crippen LogP contribution in [-0.2, 0) is 9.59 Å². The van der Waals surface area contributed by atoms with Gasteiger partial charge in [0.1, 0.15) is 5.82 Å². The molecule has 0 spiro atoms. The highest BCUT2D eigenvalue weighted by atomic mass is 79.9. The van der Waals surface area contributed by atoms with Gasteiger partial charge in [-0.15, -0.1) is 0 Å². The fraction of sp³-hybridized carbons (Fsp3) is 0.273. The van der Waals surface area contributed by atoms with Crippen molar-refractivity contribution in [2.45, 2.75) is 6.42 Å². The van der Waals surface area contributed by atoms with Gasteiger partial charge in [-0.1, -0.05) is 0 Å². The number of carbonyl (C=O) groups is 2. The van der Waals surface area contributed by atoms with Crippen molar-refractivity contribution < 1.29 is 19.1 Å². The molecule has 0 radical (unpaired) electrons. The number of nitrogens with one attached hydrogen (secondary N) is 1. The zero-order valence-corrected chi connectivity index (χ0v) is 10.2. The summed E-state index contributed by atoms with van der Waals surface area (Å²) in [6.45, 7) is 0. The van der Waals surface area contributed by atoms with Gasteiger partial charge in [0.05, 0.1) is 16.3 Å². The molecule has 1 aliphatic rings. The summed E-state index contributed by atoms with van der Waals surface area (Å²) in [6, 6.07) is 4.09. The van der Waals surface area contributed by atoms with E-state index in [1.165, 1.54) is 18.2 Å². The summed E-state index contributed by atoms with van der Waals surface area (Å²) in [7, 11) is 0. The van der Waals surface area contributed by atoms with E-state index in [0.717, 1.165) is 0 Å². The first-order valence-electron chi connectivity index (χ1n) is 4.98. The van der Waals surface area contributed by atoms with Gasteiger partial charge in [-0.25, -0.2) is 4.39 Å². The summed E-state index contributed by atoms with van der Waals surface area (Å²) in [4.78, 5) is 22.2. The molecule has 0 aromatic heterocycles. The van der Waals surface area contributed by atoms with Crippen molar-refractivity contribution in [2.24, 2.45) is 11.8 Å². The minimum absolute atomic E-state index is 0.251. The highest BCUT2D eigenvalue weighted by Gasteiger charge is 2.48. The van der Waals surface area contributed by atoms with E-state index in [1.54, 1.807) is 0 Å². The summed E-state index contributed by atoms with van der Waals surface area (Å²) >= 11 is 3.00. The number of anilines is 1. The van der Waals surface area contributed by atoms with Crippen LogP contribution in [0.1, 0.15) is 6.42 Å². The highest BCUT2D eigenvalue weighted by Crippen LogP contribution is 2.39. The molecule has 2 rings (SSSR count). The number of rotatable bonds is 3. The summed E-state index contributed by atoms with van der Waals surface area (Å²) < 4.78 is 13.2. The molecule has 17 heavy (non-hydrogen) atoms. The number of carboxylic acid groups (broad SMARTS) is 1. The Morgan fingerprint density at radius 3 is 2.65 bits per heavy atom. The Kier molecular flexibility index (Phi) is 3.15. The molecule has 0 saturated heterocycles. The van der Waals surface area contributed by atoms with E-state index in [4.69, 9.17) is 5.11 Å². The maximum Gasteiger partial charge on any atom is 0.307 e. The molecule has 6 heteroatoms. The monoisotopic (exact) mass is 301 g/mol. The Hall–Kier alpha value is -1.43. The summed E-state index contributed by atoms with van der Waals surface area (Å²) in [5.74, 6) is -2.77. The lowest BCUT2D eigenvalue weighted by molar-refractivity contribution is -0.139. The second-order valence-corrected chi connectivity index (χ2v) is 4.76. The standard InChI is InChI=1S/C11H9BrFNO3/c12-8-3-5(1-2-9(8)13)14-10(15)6-4-7(6)11(16)17/h1-3,6-7H,4H2,(H,14,15)(H,16,17)/t6-,7-/m1/s1. The van der Waals surface area contributed by atoms with Gasteiger partial charge in [0.25, 0.3) is 0 Å². The van der Waals surface area contributed by atoms with Crippen LogP contribution in [-0.4, -0.2) is 17.0 Å². The number of hydrogen-bond acceptors (Lipinski definition) is 2. The molecule has 1 amide bonds. The Balaban J connectivity index is 2.00. The van der Waals surface area contributed by atoms with Crippen LogP contribution in [0.3, 0.4) is 0 Å². The van der Waals surface area contributed by atoms with Gasteiger partial charge in [-0.05, 0) is 40.5 Å². The van der Waals surface area contributed by atoms with Gasteiger partial charge in [0.2, 0.25) is 5.91 Å². The Labute approximate surface area is 105 Å². The van der Waals surface area contributed by atoms with Gasteiger partial charge < -0.3 is 10.4 Å². The Bertz CT molecular complexity index is 492. The van der Waals surface area contributed by atoms with Gasteiger partial charge >= 0.3 is 5.97 Å². The van der Waals surface area contributed by atoms with Crippen molar-refractivity contribution in [1.29, 1.82) is 0 Å². The van der Waals surface area contributed by atoms with E-state index >= 15 is 0 Å². The van der Waals surface area contributed by atoms with Crippen molar-refractivity contribution >= 4 is 33.5 Å². The van der Waals surface area contributed by atoms with Crippen LogP contribution in [0.2, 0.25) is 0 Å². The van der Waals surface area contributed by atoms with E-state index in [2.05, 4.69) is 21.2 Å². The average Bonchev–Trinajstić information content (AvgIpc) is 3.03. The van der Waals surface area contributed by atoms with Gasteiger partial charge in [-0.3, -0.25) is 9.59 Å². The van der Waals surface area contributed by atoms with E-state index in [9.17, 15) is 14.0 Å². The highest BCUT2D eigenvalue weighted by molar-refractivity contribution is 9.10. The molecule has 90 valence electrons. The average molecular weight is 302 g/mol. The smallest absolute Gasteiger partial charge is 0.307 e. The largest absolute Gasteiger partial charge is 0.481 e. The van der Waals surface area contributed by atoms with Crippen LogP contribution in [0.5, 0.6) is 0 Å². The minimum atomic E-state index is -0.953. The van der Waals surface area contributed by atoms with Crippen molar-refractivity contribution in [2.75, 3.05) is 5.32 Å². The number of aliphatic carboxylic acids is 1. The number of carbonyl (C=O) groups excluding carboxylic acids is 1. The van der Waals surface area contributed by atoms with E-state index < -0.39 is 23.6 Å². The molecular weight excluding hydrogens is 293 g/mol. The number of benzene rings is 1. The zero-order chi connectivity index (χ0) is 12.6. The first kappa shape index (κ1) is 12.0. The second-order valence-electron chi connectivity index (χ2n) is 3.91. The zero-order valence-electron chi connectivity index (χ0n) is 8.61. The van der Waals surface area contributed by atoms with Crippen LogP contribution < -0.4 is 5.32 Å². The molecule has 0 aliphatic heterocycles. The van der Waals surface area contributed by atoms with Crippen LogP contribution >= 0.6 is 15.9 Å². The lowest BCUT2D eigenvalue weighted by Gasteiger charge is -2.05.